The fraction of sp³-hybridized carbons (Fsp3) is 0.314. The molecule has 1 amide bonds. The van der Waals surface area contributed by atoms with Crippen molar-refractivity contribution in [2.24, 2.45) is 13.0 Å². The van der Waals surface area contributed by atoms with Gasteiger partial charge in [-0.15, -0.1) is 0 Å². The molecule has 9 heteroatoms. The molecule has 2 heterocycles. The van der Waals surface area contributed by atoms with Gasteiger partial charge in [0.05, 0.1) is 18.6 Å². The number of aliphatic hydroxyl groups is 1. The predicted molar refractivity (Wildman–Crippen MR) is 169 cm³/mol. The van der Waals surface area contributed by atoms with E-state index in [1.807, 2.05) is 89.5 Å². The molecule has 1 aliphatic rings. The molecule has 5 aromatic rings. The number of rotatable bonds is 10. The Hall–Kier alpha value is -4.76. The third kappa shape index (κ3) is 6.01. The molecule has 2 aromatic heterocycles. The van der Waals surface area contributed by atoms with Gasteiger partial charge in [-0.1, -0.05) is 97.8 Å². The number of aromatic nitrogens is 4. The molecule has 1 fully saturated rings. The number of imidazole rings is 1. The zero-order valence-electron chi connectivity index (χ0n) is 24.8. The molecule has 0 bridgehead atoms. The van der Waals surface area contributed by atoms with Crippen molar-refractivity contribution in [2.75, 3.05) is 6.61 Å². The third-order valence-corrected chi connectivity index (χ3v) is 8.82. The molecule has 0 aliphatic heterocycles. The highest BCUT2D eigenvalue weighted by molar-refractivity contribution is 5.84. The van der Waals surface area contributed by atoms with Gasteiger partial charge in [0.2, 0.25) is 5.91 Å². The lowest BCUT2D eigenvalue weighted by Crippen LogP contribution is -2.37. The van der Waals surface area contributed by atoms with Crippen molar-refractivity contribution < 1.29 is 9.90 Å². The van der Waals surface area contributed by atoms with Crippen LogP contribution in [0.25, 0.3) is 11.2 Å². The highest BCUT2D eigenvalue weighted by atomic mass is 16.3. The molecule has 6 rings (SSSR count). The number of hydrogen-bond donors (Lipinski definition) is 3. The normalized spacial score (nSPS) is 15.0. The summed E-state index contributed by atoms with van der Waals surface area (Å²) in [5, 5.41) is 13.2. The molecule has 1 unspecified atom stereocenters. The minimum Gasteiger partial charge on any atom is -0.394 e. The molecule has 44 heavy (non-hydrogen) atoms. The average Bonchev–Trinajstić information content (AvgIpc) is 3.69. The highest BCUT2D eigenvalue weighted by Gasteiger charge is 2.33. The Labute approximate surface area is 255 Å². The second kappa shape index (κ2) is 12.9. The van der Waals surface area contributed by atoms with Crippen LogP contribution < -0.4 is 16.6 Å². The van der Waals surface area contributed by atoms with Crippen molar-refractivity contribution in [1.82, 2.24) is 24.4 Å². The molecule has 1 saturated carbocycles. The van der Waals surface area contributed by atoms with E-state index in [0.717, 1.165) is 52.5 Å². The van der Waals surface area contributed by atoms with Crippen LogP contribution in [-0.2, 0) is 24.8 Å². The maximum Gasteiger partial charge on any atom is 0.329 e. The van der Waals surface area contributed by atoms with Gasteiger partial charge < -0.3 is 15.0 Å². The Bertz CT molecular complexity index is 1850. The summed E-state index contributed by atoms with van der Waals surface area (Å²) < 4.78 is 2.94. The molecule has 3 aromatic carbocycles. The van der Waals surface area contributed by atoms with Crippen molar-refractivity contribution in [1.29, 1.82) is 0 Å². The van der Waals surface area contributed by atoms with Crippen LogP contribution in [0.15, 0.2) is 94.5 Å². The number of carbonyl (C=O) groups excluding carboxylic acids is 1. The van der Waals surface area contributed by atoms with Crippen molar-refractivity contribution >= 4 is 17.1 Å². The lowest BCUT2D eigenvalue weighted by molar-refractivity contribution is -0.124. The summed E-state index contributed by atoms with van der Waals surface area (Å²) in [5.41, 5.74) is 3.51. The summed E-state index contributed by atoms with van der Waals surface area (Å²) in [5.74, 6) is 0.495. The molecule has 0 spiro atoms. The van der Waals surface area contributed by atoms with Gasteiger partial charge in [0, 0.05) is 20.0 Å². The van der Waals surface area contributed by atoms with Crippen LogP contribution in [0.2, 0.25) is 0 Å². The molecule has 1 aliphatic carbocycles. The first kappa shape index (κ1) is 29.3. The van der Waals surface area contributed by atoms with Crippen LogP contribution >= 0.6 is 0 Å². The van der Waals surface area contributed by atoms with Crippen LogP contribution in [0.1, 0.15) is 65.7 Å². The zero-order valence-corrected chi connectivity index (χ0v) is 24.8. The summed E-state index contributed by atoms with van der Waals surface area (Å²) >= 11 is 0. The quantitative estimate of drug-likeness (QED) is 0.225. The molecule has 0 saturated heterocycles. The molecule has 226 valence electrons. The maximum absolute atomic E-state index is 13.8. The van der Waals surface area contributed by atoms with Crippen molar-refractivity contribution in [3.8, 4) is 0 Å². The number of aromatic amines is 1. The first-order chi connectivity index (χ1) is 21.4. The Kier molecular flexibility index (Phi) is 8.56. The SMILES string of the molecule is Cn1c(=O)[nH]c2nc(Cc3ccccc3)n(Cc3ccc(C(C(=O)N[C@@H](CO)c4ccccc4)C4CCCC4)cc3)c2c1=O. The topological polar surface area (TPSA) is 122 Å². The molecular formula is C35H37N5O4. The Morgan fingerprint density at radius 2 is 1.59 bits per heavy atom. The molecule has 3 N–H and O–H groups in total. The van der Waals surface area contributed by atoms with Crippen LogP contribution in [0, 0.1) is 5.92 Å². The number of benzene rings is 3. The standard InChI is InChI=1S/C35H37N5O4/c1-39-34(43)31-32(38-35(39)44)37-29(20-23-10-4-2-5-11-23)40(31)21-24-16-18-27(19-17-24)30(26-14-8-9-15-26)33(42)36-28(22-41)25-12-6-3-7-13-25/h2-7,10-13,16-19,26,28,30,41H,8-9,14-15,20-22H2,1H3,(H,36,42)(H,38,44)/t28-,30?/m0/s1. The van der Waals surface area contributed by atoms with Gasteiger partial charge in [0.15, 0.2) is 11.2 Å². The monoisotopic (exact) mass is 591 g/mol. The zero-order chi connectivity index (χ0) is 30.6. The van der Waals surface area contributed by atoms with E-state index in [-0.39, 0.29) is 30.0 Å². The maximum atomic E-state index is 13.8. The van der Waals surface area contributed by atoms with Gasteiger partial charge in [0.1, 0.15) is 5.82 Å². The van der Waals surface area contributed by atoms with Crippen molar-refractivity contribution in [3.05, 3.63) is 134 Å². The number of H-pyrrole nitrogens is 1. The van der Waals surface area contributed by atoms with Crippen LogP contribution in [0.5, 0.6) is 0 Å². The minimum absolute atomic E-state index is 0.0780. The predicted octanol–water partition coefficient (Wildman–Crippen LogP) is 4.19. The number of aliphatic hydroxyl groups excluding tert-OH is 1. The van der Waals surface area contributed by atoms with E-state index in [0.29, 0.717) is 24.3 Å². The highest BCUT2D eigenvalue weighted by Crippen LogP contribution is 2.38. The Morgan fingerprint density at radius 3 is 2.25 bits per heavy atom. The molecular weight excluding hydrogens is 554 g/mol. The Balaban J connectivity index is 1.31. The molecule has 0 radical (unpaired) electrons. The second-order valence-electron chi connectivity index (χ2n) is 11.7. The first-order valence-electron chi connectivity index (χ1n) is 15.2. The number of carbonyl (C=O) groups is 1. The smallest absolute Gasteiger partial charge is 0.329 e. The summed E-state index contributed by atoms with van der Waals surface area (Å²) in [6.45, 7) is 0.197. The Morgan fingerprint density at radius 1 is 0.932 bits per heavy atom. The van der Waals surface area contributed by atoms with Crippen LogP contribution in [-0.4, -0.2) is 36.7 Å². The van der Waals surface area contributed by atoms with E-state index < -0.39 is 17.3 Å². The number of amides is 1. The summed E-state index contributed by atoms with van der Waals surface area (Å²) in [4.78, 5) is 46.8. The number of nitrogens with one attached hydrogen (secondary N) is 2. The average molecular weight is 592 g/mol. The van der Waals surface area contributed by atoms with E-state index in [2.05, 4.69) is 15.3 Å². The van der Waals surface area contributed by atoms with Gasteiger partial charge in [-0.25, -0.2) is 9.78 Å². The number of nitrogens with zero attached hydrogens (tertiary/aromatic N) is 3. The van der Waals surface area contributed by atoms with E-state index in [4.69, 9.17) is 0 Å². The van der Waals surface area contributed by atoms with Gasteiger partial charge in [-0.2, -0.15) is 0 Å². The molecule has 9 nitrogen and oxygen atoms in total. The van der Waals surface area contributed by atoms with E-state index in [9.17, 15) is 19.5 Å². The summed E-state index contributed by atoms with van der Waals surface area (Å²) in [6.07, 6.45) is 4.67. The fourth-order valence-corrected chi connectivity index (χ4v) is 6.45. The largest absolute Gasteiger partial charge is 0.394 e. The van der Waals surface area contributed by atoms with E-state index in [1.165, 1.54) is 7.05 Å². The first-order valence-corrected chi connectivity index (χ1v) is 15.2. The van der Waals surface area contributed by atoms with Gasteiger partial charge >= 0.3 is 5.69 Å². The number of hydrogen-bond acceptors (Lipinski definition) is 5. The molecule has 2 atom stereocenters. The fourth-order valence-electron chi connectivity index (χ4n) is 6.45. The summed E-state index contributed by atoms with van der Waals surface area (Å²) in [7, 11) is 1.46. The van der Waals surface area contributed by atoms with Gasteiger partial charge in [-0.05, 0) is 41.0 Å². The summed E-state index contributed by atoms with van der Waals surface area (Å²) in [6, 6.07) is 27.0. The van der Waals surface area contributed by atoms with Crippen molar-refractivity contribution in [2.45, 2.75) is 50.6 Å². The van der Waals surface area contributed by atoms with Gasteiger partial charge in [0.25, 0.3) is 5.56 Å². The lowest BCUT2D eigenvalue weighted by atomic mass is 9.83. The third-order valence-electron chi connectivity index (χ3n) is 8.82. The van der Waals surface area contributed by atoms with Crippen LogP contribution in [0.3, 0.4) is 0 Å². The van der Waals surface area contributed by atoms with E-state index >= 15 is 0 Å². The van der Waals surface area contributed by atoms with Crippen LogP contribution in [0.4, 0.5) is 0 Å². The van der Waals surface area contributed by atoms with E-state index in [1.54, 1.807) is 0 Å². The lowest BCUT2D eigenvalue weighted by Gasteiger charge is -2.26. The number of fused-ring (bicyclic) bond motifs is 1. The van der Waals surface area contributed by atoms with Crippen molar-refractivity contribution in [3.63, 3.8) is 0 Å². The minimum atomic E-state index is -0.505. The van der Waals surface area contributed by atoms with Gasteiger partial charge in [-0.3, -0.25) is 19.1 Å². The second-order valence-corrected chi connectivity index (χ2v) is 11.7.